The molecule has 1 heterocycles. The number of carbonyl (C=O) groups is 1. The van der Waals surface area contributed by atoms with Crippen molar-refractivity contribution in [1.29, 1.82) is 0 Å². The summed E-state index contributed by atoms with van der Waals surface area (Å²) in [6.07, 6.45) is 0. The number of thioether (sulfide) groups is 1. The van der Waals surface area contributed by atoms with Crippen LogP contribution in [0.15, 0.2) is 69.6 Å². The van der Waals surface area contributed by atoms with Crippen molar-refractivity contribution in [2.45, 2.75) is 12.0 Å². The van der Waals surface area contributed by atoms with E-state index in [4.69, 9.17) is 27.9 Å². The fourth-order valence-electron chi connectivity index (χ4n) is 3.22. The van der Waals surface area contributed by atoms with Crippen molar-refractivity contribution in [2.24, 2.45) is 0 Å². The molecule has 1 amide bonds. The van der Waals surface area contributed by atoms with Gasteiger partial charge in [-0.2, -0.15) is 0 Å². The van der Waals surface area contributed by atoms with Crippen molar-refractivity contribution >= 4 is 78.4 Å². The number of ether oxygens (including phenoxy) is 1. The Bertz CT molecular complexity index is 1090. The molecule has 0 unspecified atom stereocenters. The number of nitrogens with zero attached hydrogens (tertiary/aromatic N) is 1. The van der Waals surface area contributed by atoms with Crippen LogP contribution >= 0.6 is 66.8 Å². The van der Waals surface area contributed by atoms with Crippen molar-refractivity contribution in [1.82, 2.24) is 0 Å². The van der Waals surface area contributed by atoms with Crippen molar-refractivity contribution in [2.75, 3.05) is 10.7 Å². The van der Waals surface area contributed by atoms with E-state index in [0.29, 0.717) is 28.2 Å². The lowest BCUT2D eigenvalue weighted by molar-refractivity contribution is -0.115. The van der Waals surface area contributed by atoms with Crippen molar-refractivity contribution in [3.05, 3.63) is 90.8 Å². The number of rotatable bonds is 5. The van der Waals surface area contributed by atoms with Gasteiger partial charge < -0.3 is 4.74 Å². The van der Waals surface area contributed by atoms with Crippen LogP contribution in [0.2, 0.25) is 10.0 Å². The fraction of sp³-hybridized carbons (Fsp3) is 0.136. The summed E-state index contributed by atoms with van der Waals surface area (Å²) in [7, 11) is 0. The van der Waals surface area contributed by atoms with E-state index in [2.05, 4.69) is 31.9 Å². The van der Waals surface area contributed by atoms with Gasteiger partial charge in [-0.05, 0) is 58.4 Å². The maximum absolute atomic E-state index is 12.7. The molecule has 3 aromatic rings. The molecule has 0 aliphatic carbocycles. The highest BCUT2D eigenvalue weighted by atomic mass is 79.9. The number of hydrogen-bond donors (Lipinski definition) is 0. The summed E-state index contributed by atoms with van der Waals surface area (Å²) in [6.45, 7) is 0.319. The maximum atomic E-state index is 12.7. The molecule has 0 spiro atoms. The maximum Gasteiger partial charge on any atom is 0.238 e. The summed E-state index contributed by atoms with van der Waals surface area (Å²) in [5.74, 6) is 1.12. The number of hydrogen-bond acceptors (Lipinski definition) is 3. The number of carbonyl (C=O) groups excluding carboxylic acids is 1. The van der Waals surface area contributed by atoms with Gasteiger partial charge >= 0.3 is 0 Å². The molecule has 1 aliphatic heterocycles. The van der Waals surface area contributed by atoms with Gasteiger partial charge in [0.25, 0.3) is 0 Å². The van der Waals surface area contributed by atoms with Gasteiger partial charge in [-0.3, -0.25) is 9.69 Å². The number of halogens is 4. The average Bonchev–Trinajstić information content (AvgIpc) is 3.10. The third-order valence-corrected chi connectivity index (χ3v) is 7.47. The topological polar surface area (TPSA) is 29.5 Å². The van der Waals surface area contributed by atoms with Crippen molar-refractivity contribution in [3.63, 3.8) is 0 Å². The minimum absolute atomic E-state index is 0.0421. The van der Waals surface area contributed by atoms with E-state index in [1.165, 1.54) is 0 Å². The van der Waals surface area contributed by atoms with Gasteiger partial charge in [0.15, 0.2) is 0 Å². The average molecular weight is 588 g/mol. The van der Waals surface area contributed by atoms with Crippen LogP contribution in [-0.2, 0) is 11.4 Å². The van der Waals surface area contributed by atoms with Gasteiger partial charge in [-0.25, -0.2) is 0 Å². The summed E-state index contributed by atoms with van der Waals surface area (Å²) >= 11 is 21.1. The normalized spacial score (nSPS) is 16.2. The van der Waals surface area contributed by atoms with Gasteiger partial charge in [-0.15, -0.1) is 11.8 Å². The highest BCUT2D eigenvalue weighted by molar-refractivity contribution is 9.11. The molecule has 1 saturated heterocycles. The Hall–Kier alpha value is -1.18. The zero-order valence-corrected chi connectivity index (χ0v) is 20.9. The monoisotopic (exact) mass is 585 g/mol. The molecule has 1 aliphatic rings. The third kappa shape index (κ3) is 4.68. The minimum Gasteiger partial charge on any atom is -0.487 e. The standard InChI is InChI=1S/C22H15Br2Cl2NO2S/c23-14-9-17(21(18(24)10-14)29-11-13-3-1-2-4-19(13)26)22-27(20(28)12-30-22)16-7-5-15(25)6-8-16/h1-10,22H,11-12H2/t22-/m0/s1. The van der Waals surface area contributed by atoms with E-state index in [-0.39, 0.29) is 11.3 Å². The lowest BCUT2D eigenvalue weighted by Crippen LogP contribution is -2.28. The van der Waals surface area contributed by atoms with Gasteiger partial charge in [0.1, 0.15) is 17.7 Å². The quantitative estimate of drug-likeness (QED) is 0.304. The highest BCUT2D eigenvalue weighted by Crippen LogP contribution is 2.48. The number of amides is 1. The van der Waals surface area contributed by atoms with E-state index in [1.807, 2.05) is 48.5 Å². The van der Waals surface area contributed by atoms with Gasteiger partial charge in [0.2, 0.25) is 5.91 Å². The van der Waals surface area contributed by atoms with Crippen LogP contribution in [0.5, 0.6) is 5.75 Å². The molecule has 1 fully saturated rings. The molecule has 0 N–H and O–H groups in total. The van der Waals surface area contributed by atoms with Gasteiger partial charge in [0.05, 0.1) is 10.2 Å². The summed E-state index contributed by atoms with van der Waals surface area (Å²) in [4.78, 5) is 14.5. The smallest absolute Gasteiger partial charge is 0.238 e. The molecular formula is C22H15Br2Cl2NO2S. The molecule has 8 heteroatoms. The molecule has 3 aromatic carbocycles. The fourth-order valence-corrected chi connectivity index (χ4v) is 6.09. The molecule has 3 nitrogen and oxygen atoms in total. The van der Waals surface area contributed by atoms with Crippen LogP contribution in [0.4, 0.5) is 5.69 Å². The van der Waals surface area contributed by atoms with Gasteiger partial charge in [-0.1, -0.05) is 57.3 Å². The predicted octanol–water partition coefficient (Wildman–Crippen LogP) is 7.88. The molecule has 0 aromatic heterocycles. The second-order valence-electron chi connectivity index (χ2n) is 6.59. The second kappa shape index (κ2) is 9.53. The van der Waals surface area contributed by atoms with Crippen LogP contribution in [0.1, 0.15) is 16.5 Å². The summed E-state index contributed by atoms with van der Waals surface area (Å²) in [5.41, 5.74) is 2.59. The van der Waals surface area contributed by atoms with Gasteiger partial charge in [0, 0.05) is 31.3 Å². The Kier molecular flexibility index (Phi) is 7.00. The molecule has 4 rings (SSSR count). The van der Waals surface area contributed by atoms with E-state index in [1.54, 1.807) is 28.8 Å². The van der Waals surface area contributed by atoms with E-state index >= 15 is 0 Å². The Labute approximate surface area is 205 Å². The molecular weight excluding hydrogens is 573 g/mol. The Morgan fingerprint density at radius 2 is 1.80 bits per heavy atom. The number of anilines is 1. The third-order valence-electron chi connectivity index (χ3n) is 4.61. The van der Waals surface area contributed by atoms with Crippen LogP contribution < -0.4 is 9.64 Å². The van der Waals surface area contributed by atoms with E-state index in [0.717, 1.165) is 25.8 Å². The Balaban J connectivity index is 1.71. The van der Waals surface area contributed by atoms with E-state index < -0.39 is 0 Å². The van der Waals surface area contributed by atoms with Crippen LogP contribution in [0.3, 0.4) is 0 Å². The second-order valence-corrected chi connectivity index (χ2v) is 10.3. The first kappa shape index (κ1) is 22.0. The SMILES string of the molecule is O=C1CS[C@@H](c2cc(Br)cc(Br)c2OCc2ccccc2Cl)N1c1ccc(Cl)cc1. The first-order chi connectivity index (χ1) is 14.4. The number of benzene rings is 3. The molecule has 0 radical (unpaired) electrons. The summed E-state index contributed by atoms with van der Waals surface area (Å²) in [5, 5.41) is 1.05. The van der Waals surface area contributed by atoms with Crippen LogP contribution in [-0.4, -0.2) is 11.7 Å². The molecule has 30 heavy (non-hydrogen) atoms. The summed E-state index contributed by atoms with van der Waals surface area (Å²) < 4.78 is 7.91. The van der Waals surface area contributed by atoms with E-state index in [9.17, 15) is 4.79 Å². The zero-order valence-electron chi connectivity index (χ0n) is 15.4. The lowest BCUT2D eigenvalue weighted by Gasteiger charge is -2.27. The first-order valence-electron chi connectivity index (χ1n) is 8.98. The molecule has 1 atom stereocenters. The zero-order chi connectivity index (χ0) is 21.3. The van der Waals surface area contributed by atoms with Crippen molar-refractivity contribution < 1.29 is 9.53 Å². The van der Waals surface area contributed by atoms with Crippen LogP contribution in [0, 0.1) is 0 Å². The molecule has 0 bridgehead atoms. The highest BCUT2D eigenvalue weighted by Gasteiger charge is 2.36. The van der Waals surface area contributed by atoms with Crippen LogP contribution in [0.25, 0.3) is 0 Å². The lowest BCUT2D eigenvalue weighted by atomic mass is 10.1. The minimum atomic E-state index is -0.228. The molecule has 0 saturated carbocycles. The predicted molar refractivity (Wildman–Crippen MR) is 132 cm³/mol. The molecule has 154 valence electrons. The summed E-state index contributed by atoms with van der Waals surface area (Å²) in [6, 6.07) is 18.8. The first-order valence-corrected chi connectivity index (χ1v) is 12.4. The Morgan fingerprint density at radius 3 is 2.53 bits per heavy atom. The Morgan fingerprint density at radius 1 is 1.07 bits per heavy atom. The largest absolute Gasteiger partial charge is 0.487 e. The van der Waals surface area contributed by atoms with Crippen molar-refractivity contribution in [3.8, 4) is 5.75 Å².